The van der Waals surface area contributed by atoms with Gasteiger partial charge < -0.3 is 10.2 Å². The van der Waals surface area contributed by atoms with Gasteiger partial charge in [-0.15, -0.1) is 0 Å². The molecule has 0 spiro atoms. The second-order valence-electron chi connectivity index (χ2n) is 9.89. The molecular formula is C30H36N6O4S. The van der Waals surface area contributed by atoms with E-state index >= 15 is 0 Å². The molecule has 11 heteroatoms. The zero-order chi connectivity index (χ0) is 29.6. The van der Waals surface area contributed by atoms with Crippen molar-refractivity contribution >= 4 is 33.0 Å². The number of nitrogens with zero attached hydrogens (tertiary/aromatic N) is 6. The van der Waals surface area contributed by atoms with E-state index in [0.717, 1.165) is 25.7 Å². The number of rotatable bonds is 12. The Bertz CT molecular complexity index is 1670. The molecular weight excluding hydrogens is 540 g/mol. The van der Waals surface area contributed by atoms with Crippen LogP contribution in [0.15, 0.2) is 93.1 Å². The van der Waals surface area contributed by atoms with Crippen LogP contribution in [0, 0.1) is 0 Å². The molecule has 0 bridgehead atoms. The number of hydrogen-bond acceptors (Lipinski definition) is 6. The molecule has 4 rings (SSSR count). The molecule has 0 radical (unpaired) electrons. The third-order valence-corrected chi connectivity index (χ3v) is 8.54. The second kappa shape index (κ2) is 12.9. The van der Waals surface area contributed by atoms with E-state index in [1.54, 1.807) is 41.6 Å². The fourth-order valence-electron chi connectivity index (χ4n) is 4.50. The molecule has 0 N–H and O–H groups in total. The van der Waals surface area contributed by atoms with E-state index in [2.05, 4.69) is 23.8 Å². The van der Waals surface area contributed by atoms with Crippen LogP contribution < -0.4 is 19.3 Å². The smallest absolute Gasteiger partial charge is 0.292 e. The minimum atomic E-state index is -3.91. The lowest BCUT2D eigenvalue weighted by Gasteiger charge is -2.11. The minimum absolute atomic E-state index is 0.0128. The Morgan fingerprint density at radius 1 is 0.756 bits per heavy atom. The molecule has 0 aliphatic heterocycles. The lowest BCUT2D eigenvalue weighted by Crippen LogP contribution is -2.40. The topological polar surface area (TPSA) is 123 Å². The normalized spacial score (nSPS) is 12.7. The van der Waals surface area contributed by atoms with Gasteiger partial charge in [-0.2, -0.15) is 0 Å². The fourth-order valence-corrected chi connectivity index (χ4v) is 5.80. The summed E-state index contributed by atoms with van der Waals surface area (Å²) in [5.41, 5.74) is 0.598. The highest BCUT2D eigenvalue weighted by Gasteiger charge is 2.20. The summed E-state index contributed by atoms with van der Waals surface area (Å²) in [5, 5.41) is 25.9. The highest BCUT2D eigenvalue weighted by atomic mass is 32.2. The van der Waals surface area contributed by atoms with Crippen LogP contribution in [0.1, 0.15) is 51.2 Å². The number of sulfone groups is 1. The first-order chi connectivity index (χ1) is 19.6. The van der Waals surface area contributed by atoms with E-state index in [1.807, 2.05) is 27.7 Å². The van der Waals surface area contributed by atoms with E-state index in [-0.39, 0.29) is 15.5 Å². The lowest BCUT2D eigenvalue weighted by molar-refractivity contribution is -0.674. The SMILES string of the molecule is CCCCn1cc[n+](C)c1C([O-])=Nc1ccc(S(=O)(=O)c2cccc(N=C([O-])c3n(CCCC)cc[n+]3C)c2)cc1. The largest absolute Gasteiger partial charge is 0.853 e. The first-order valence-corrected chi connectivity index (χ1v) is 15.2. The van der Waals surface area contributed by atoms with Gasteiger partial charge in [0.1, 0.15) is 24.8 Å². The lowest BCUT2D eigenvalue weighted by atomic mass is 10.3. The predicted molar refractivity (Wildman–Crippen MR) is 152 cm³/mol. The highest BCUT2D eigenvalue weighted by molar-refractivity contribution is 7.91. The van der Waals surface area contributed by atoms with Crippen molar-refractivity contribution in [3.8, 4) is 0 Å². The summed E-state index contributed by atoms with van der Waals surface area (Å²) in [4.78, 5) is 8.46. The second-order valence-corrected chi connectivity index (χ2v) is 11.8. The van der Waals surface area contributed by atoms with Crippen LogP contribution in [0.3, 0.4) is 0 Å². The van der Waals surface area contributed by atoms with Crippen LogP contribution in [0.5, 0.6) is 0 Å². The molecule has 2 aromatic heterocycles. The van der Waals surface area contributed by atoms with Crippen LogP contribution in [-0.4, -0.2) is 29.3 Å². The van der Waals surface area contributed by atoms with Crippen LogP contribution in [-0.2, 0) is 37.0 Å². The summed E-state index contributed by atoms with van der Waals surface area (Å²) in [7, 11) is -0.340. The zero-order valence-corrected chi connectivity index (χ0v) is 24.7. The maximum atomic E-state index is 13.4. The molecule has 41 heavy (non-hydrogen) atoms. The molecule has 2 aromatic carbocycles. The number of unbranched alkanes of at least 4 members (excludes halogenated alkanes) is 2. The van der Waals surface area contributed by atoms with E-state index in [4.69, 9.17) is 0 Å². The van der Waals surface area contributed by atoms with Gasteiger partial charge in [-0.1, -0.05) is 32.8 Å². The first-order valence-electron chi connectivity index (χ1n) is 13.7. The Morgan fingerprint density at radius 3 is 1.78 bits per heavy atom. The van der Waals surface area contributed by atoms with Gasteiger partial charge in [-0.05, 0) is 55.3 Å². The maximum Gasteiger partial charge on any atom is 0.292 e. The van der Waals surface area contributed by atoms with Gasteiger partial charge in [0.25, 0.3) is 11.6 Å². The molecule has 216 valence electrons. The monoisotopic (exact) mass is 576 g/mol. The summed E-state index contributed by atoms with van der Waals surface area (Å²) < 4.78 is 34.0. The van der Waals surface area contributed by atoms with Crippen LogP contribution in [0.25, 0.3) is 0 Å². The predicted octanol–water partition coefficient (Wildman–Crippen LogP) is 2.25. The van der Waals surface area contributed by atoms with Crippen molar-refractivity contribution < 1.29 is 27.8 Å². The van der Waals surface area contributed by atoms with Gasteiger partial charge in [0.05, 0.1) is 60.1 Å². The summed E-state index contributed by atoms with van der Waals surface area (Å²) in [5.74, 6) is 0.0220. The Morgan fingerprint density at radius 2 is 1.27 bits per heavy atom. The molecule has 0 saturated carbocycles. The Balaban J connectivity index is 1.58. The highest BCUT2D eigenvalue weighted by Crippen LogP contribution is 2.26. The van der Waals surface area contributed by atoms with E-state index in [0.29, 0.717) is 30.4 Å². The number of imidazole rings is 2. The van der Waals surface area contributed by atoms with Gasteiger partial charge in [-0.25, -0.2) is 26.7 Å². The van der Waals surface area contributed by atoms with E-state index in [1.165, 1.54) is 36.4 Å². The zero-order valence-electron chi connectivity index (χ0n) is 23.9. The summed E-state index contributed by atoms with van der Waals surface area (Å²) in [6.45, 7) is 5.58. The summed E-state index contributed by atoms with van der Waals surface area (Å²) in [6, 6.07) is 11.9. The molecule has 0 saturated heterocycles. The standard InChI is InChI=1S/C30H36N6O4S/c1-5-7-16-35-20-18-33(3)29(35)27(37)31-23-12-14-25(15-13-23)41(39,40)26-11-9-10-24(22-26)32-28(38)30-34(4)19-21-36(30)17-8-6-2/h9-15,18-22H,5-8,16-17H2,1-4H3. The molecule has 0 unspecified atom stereocenters. The first kappa shape index (κ1) is 29.7. The minimum Gasteiger partial charge on any atom is -0.853 e. The molecule has 0 aliphatic carbocycles. The van der Waals surface area contributed by atoms with Gasteiger partial charge in [0, 0.05) is 0 Å². The number of aromatic nitrogens is 4. The van der Waals surface area contributed by atoms with Gasteiger partial charge in [0.15, 0.2) is 0 Å². The van der Waals surface area contributed by atoms with E-state index in [9.17, 15) is 18.6 Å². The number of aryl methyl sites for hydroxylation is 4. The van der Waals surface area contributed by atoms with Gasteiger partial charge in [0.2, 0.25) is 9.84 Å². The summed E-state index contributed by atoms with van der Waals surface area (Å²) >= 11 is 0. The molecule has 0 atom stereocenters. The third kappa shape index (κ3) is 6.74. The Hall–Kier alpha value is -4.25. The molecule has 2 heterocycles. The number of benzene rings is 2. The summed E-state index contributed by atoms with van der Waals surface area (Å²) in [6.07, 6.45) is 11.2. The average Bonchev–Trinajstić information content (AvgIpc) is 3.52. The van der Waals surface area contributed by atoms with Crippen molar-refractivity contribution in [3.63, 3.8) is 0 Å². The Kier molecular flexibility index (Phi) is 9.38. The third-order valence-electron chi connectivity index (χ3n) is 6.78. The number of aliphatic imine (C=N–C) groups is 2. The van der Waals surface area contributed by atoms with Gasteiger partial charge in [-0.3, -0.25) is 9.98 Å². The van der Waals surface area contributed by atoms with Crippen molar-refractivity contribution in [2.24, 2.45) is 24.1 Å². The van der Waals surface area contributed by atoms with Crippen LogP contribution in [0.4, 0.5) is 11.4 Å². The van der Waals surface area contributed by atoms with Crippen molar-refractivity contribution in [1.82, 2.24) is 9.13 Å². The van der Waals surface area contributed by atoms with Crippen molar-refractivity contribution in [2.75, 3.05) is 0 Å². The maximum absolute atomic E-state index is 13.4. The average molecular weight is 577 g/mol. The molecule has 4 aromatic rings. The van der Waals surface area contributed by atoms with E-state index < -0.39 is 21.6 Å². The molecule has 0 amide bonds. The molecule has 10 nitrogen and oxygen atoms in total. The molecule has 0 aliphatic rings. The van der Waals surface area contributed by atoms with Crippen molar-refractivity contribution in [1.29, 1.82) is 0 Å². The Labute approximate surface area is 241 Å². The number of hydrogen-bond donors (Lipinski definition) is 0. The van der Waals surface area contributed by atoms with Gasteiger partial charge >= 0.3 is 0 Å². The van der Waals surface area contributed by atoms with Crippen LogP contribution >= 0.6 is 0 Å². The fraction of sp³-hybridized carbons (Fsp3) is 0.333. The van der Waals surface area contributed by atoms with Crippen molar-refractivity contribution in [3.05, 3.63) is 85.0 Å². The molecule has 0 fully saturated rings. The van der Waals surface area contributed by atoms with Crippen molar-refractivity contribution in [2.45, 2.75) is 62.4 Å². The quantitative estimate of drug-likeness (QED) is 0.146. The van der Waals surface area contributed by atoms with Crippen LogP contribution in [0.2, 0.25) is 0 Å².